The number of thiazole rings is 1. The van der Waals surface area contributed by atoms with E-state index in [9.17, 15) is 12.9 Å². The van der Waals surface area contributed by atoms with Crippen LogP contribution in [-0.4, -0.2) is 30.4 Å². The number of hydrogen-bond acceptors (Lipinski definition) is 3. The molecule has 1 aromatic heterocycles. The first-order chi connectivity index (χ1) is 6.37. The Bertz CT molecular complexity index is 305. The summed E-state index contributed by atoms with van der Waals surface area (Å²) >= 11 is 1.45. The zero-order valence-corrected chi connectivity index (χ0v) is 12.9. The molecule has 0 radical (unpaired) electrons. The number of halogens is 3. The van der Waals surface area contributed by atoms with Crippen LogP contribution < -0.4 is 51.4 Å². The predicted octanol–water partition coefficient (Wildman–Crippen LogP) is -0.726. The van der Waals surface area contributed by atoms with Crippen molar-refractivity contribution in [3.05, 3.63) is 16.1 Å². The molecule has 8 heteroatoms. The molecule has 0 aliphatic carbocycles. The molecule has 1 aromatic rings. The second kappa shape index (κ2) is 6.73. The van der Waals surface area contributed by atoms with E-state index in [0.717, 1.165) is 5.01 Å². The van der Waals surface area contributed by atoms with Gasteiger partial charge in [-0.1, -0.05) is 0 Å². The van der Waals surface area contributed by atoms with E-state index in [4.69, 9.17) is 0 Å². The van der Waals surface area contributed by atoms with E-state index in [-0.39, 0.29) is 57.9 Å². The Morgan fingerprint density at radius 1 is 1.47 bits per heavy atom. The summed E-state index contributed by atoms with van der Waals surface area (Å²) in [4.78, 5) is 5.33. The first-order valence-electron chi connectivity index (χ1n) is 4.17. The first kappa shape index (κ1) is 16.1. The minimum absolute atomic E-state index is 0. The minimum Gasteiger partial charge on any atom is -0.448 e. The third-order valence-electron chi connectivity index (χ3n) is 1.62. The molecule has 0 amide bonds. The molecule has 0 fully saturated rings. The van der Waals surface area contributed by atoms with Gasteiger partial charge in [-0.15, -0.1) is 11.3 Å². The predicted molar refractivity (Wildman–Crippen MR) is 52.3 cm³/mol. The number of aryl methyl sites for hydroxylation is 1. The normalized spacial score (nSPS) is 11.6. The van der Waals surface area contributed by atoms with E-state index in [1.807, 2.05) is 6.92 Å². The van der Waals surface area contributed by atoms with Crippen molar-refractivity contribution in [1.29, 1.82) is 0 Å². The molecule has 0 atom stereocenters. The fraction of sp³-hybridized carbons (Fsp3) is 0.571. The second-order valence-electron chi connectivity index (χ2n) is 3.26. The molecular formula is C7H11BF3KN2S. The smallest absolute Gasteiger partial charge is 0.448 e. The molecule has 0 saturated carbocycles. The fourth-order valence-electron chi connectivity index (χ4n) is 1.18. The van der Waals surface area contributed by atoms with E-state index in [0.29, 0.717) is 5.69 Å². The summed E-state index contributed by atoms with van der Waals surface area (Å²) in [5.74, 6) is 0. The van der Waals surface area contributed by atoms with Crippen LogP contribution in [0.3, 0.4) is 0 Å². The van der Waals surface area contributed by atoms with E-state index in [1.165, 1.54) is 23.3 Å². The standard InChI is InChI=1S/C7H11BF3N2S.K/c1-6-12-7(4-14-6)3-13(2)5-8(9,10)11;/h4H,3,5H2,1-2H3;/q-1;+1. The average Bonchev–Trinajstić information content (AvgIpc) is 2.30. The number of rotatable bonds is 4. The van der Waals surface area contributed by atoms with E-state index >= 15 is 0 Å². The quantitative estimate of drug-likeness (QED) is 0.665. The van der Waals surface area contributed by atoms with Crippen LogP contribution in [0, 0.1) is 6.92 Å². The Hall–Kier alpha value is 1.08. The van der Waals surface area contributed by atoms with Crippen molar-refractivity contribution >= 4 is 18.3 Å². The Morgan fingerprint density at radius 2 is 2.07 bits per heavy atom. The van der Waals surface area contributed by atoms with Crippen molar-refractivity contribution < 1.29 is 64.3 Å². The van der Waals surface area contributed by atoms with Gasteiger partial charge in [0, 0.05) is 11.9 Å². The SMILES string of the molecule is Cc1nc(CN(C)C[B-](F)(F)F)cs1.[K+]. The van der Waals surface area contributed by atoms with Crippen LogP contribution in [0.4, 0.5) is 12.9 Å². The number of aromatic nitrogens is 1. The van der Waals surface area contributed by atoms with Crippen molar-refractivity contribution in [2.24, 2.45) is 0 Å². The Labute approximate surface area is 134 Å². The molecular weight excluding hydrogens is 251 g/mol. The molecule has 0 aromatic carbocycles. The third kappa shape index (κ3) is 7.09. The molecule has 0 aliphatic rings. The van der Waals surface area contributed by atoms with Crippen molar-refractivity contribution in [3.63, 3.8) is 0 Å². The summed E-state index contributed by atoms with van der Waals surface area (Å²) in [6.07, 6.45) is -0.837. The van der Waals surface area contributed by atoms with Gasteiger partial charge in [-0.05, 0) is 20.4 Å². The molecule has 0 aliphatic heterocycles. The largest absolute Gasteiger partial charge is 1.00 e. The van der Waals surface area contributed by atoms with Crippen LogP contribution in [0.15, 0.2) is 5.38 Å². The monoisotopic (exact) mass is 262 g/mol. The molecule has 15 heavy (non-hydrogen) atoms. The van der Waals surface area contributed by atoms with E-state index in [2.05, 4.69) is 4.98 Å². The van der Waals surface area contributed by atoms with Crippen LogP contribution in [-0.2, 0) is 6.54 Å². The van der Waals surface area contributed by atoms with Crippen molar-refractivity contribution in [2.75, 3.05) is 13.5 Å². The molecule has 0 bridgehead atoms. The topological polar surface area (TPSA) is 16.1 Å². The molecule has 80 valence electrons. The maximum absolute atomic E-state index is 12.0. The molecule has 1 heterocycles. The summed E-state index contributed by atoms with van der Waals surface area (Å²) in [6.45, 7) is -2.65. The molecule has 1 rings (SSSR count). The Kier molecular flexibility index (Phi) is 7.21. The Balaban J connectivity index is 0.00000196. The first-order valence-corrected chi connectivity index (χ1v) is 5.05. The molecule has 0 unspecified atom stereocenters. The van der Waals surface area contributed by atoms with Gasteiger partial charge in [-0.3, -0.25) is 0 Å². The van der Waals surface area contributed by atoms with E-state index in [1.54, 1.807) is 5.38 Å². The van der Waals surface area contributed by atoms with Gasteiger partial charge in [0.2, 0.25) is 0 Å². The summed E-state index contributed by atoms with van der Waals surface area (Å²) in [6, 6.07) is 0. The van der Waals surface area contributed by atoms with Gasteiger partial charge in [0.1, 0.15) is 0 Å². The van der Waals surface area contributed by atoms with Gasteiger partial charge in [0.05, 0.1) is 10.7 Å². The number of nitrogens with zero attached hydrogens (tertiary/aromatic N) is 2. The Morgan fingerprint density at radius 3 is 2.47 bits per heavy atom. The minimum atomic E-state index is -4.74. The maximum atomic E-state index is 12.0. The van der Waals surface area contributed by atoms with Crippen LogP contribution in [0.25, 0.3) is 0 Å². The summed E-state index contributed by atoms with van der Waals surface area (Å²) < 4.78 is 36.1. The summed E-state index contributed by atoms with van der Waals surface area (Å²) in [7, 11) is 1.45. The van der Waals surface area contributed by atoms with Crippen LogP contribution >= 0.6 is 11.3 Å². The van der Waals surface area contributed by atoms with Gasteiger partial charge < -0.3 is 17.8 Å². The maximum Gasteiger partial charge on any atom is 1.00 e. The van der Waals surface area contributed by atoms with Gasteiger partial charge in [-0.2, -0.15) is 0 Å². The van der Waals surface area contributed by atoms with Crippen molar-refractivity contribution in [3.8, 4) is 0 Å². The second-order valence-corrected chi connectivity index (χ2v) is 4.33. The molecule has 2 nitrogen and oxygen atoms in total. The van der Waals surface area contributed by atoms with E-state index < -0.39 is 13.4 Å². The zero-order valence-electron chi connectivity index (χ0n) is 9.01. The number of hydrogen-bond donors (Lipinski definition) is 0. The zero-order chi connectivity index (χ0) is 10.8. The van der Waals surface area contributed by atoms with Gasteiger partial charge in [0.25, 0.3) is 0 Å². The van der Waals surface area contributed by atoms with Crippen molar-refractivity contribution in [1.82, 2.24) is 9.88 Å². The third-order valence-corrected chi connectivity index (χ3v) is 2.44. The molecule has 0 spiro atoms. The molecule has 0 N–H and O–H groups in total. The average molecular weight is 262 g/mol. The summed E-state index contributed by atoms with van der Waals surface area (Å²) in [5, 5.41) is 2.67. The van der Waals surface area contributed by atoms with Crippen LogP contribution in [0.2, 0.25) is 0 Å². The van der Waals surface area contributed by atoms with Crippen LogP contribution in [0.1, 0.15) is 10.7 Å². The van der Waals surface area contributed by atoms with Crippen molar-refractivity contribution in [2.45, 2.75) is 13.5 Å². The van der Waals surface area contributed by atoms with Gasteiger partial charge in [-0.25, -0.2) is 4.98 Å². The van der Waals surface area contributed by atoms with Gasteiger partial charge in [0.15, 0.2) is 0 Å². The summed E-state index contributed by atoms with van der Waals surface area (Å²) in [5.41, 5.74) is 0.704. The van der Waals surface area contributed by atoms with Crippen LogP contribution in [0.5, 0.6) is 0 Å². The molecule has 0 saturated heterocycles. The van der Waals surface area contributed by atoms with Gasteiger partial charge >= 0.3 is 58.4 Å². The fourth-order valence-corrected chi connectivity index (χ4v) is 1.78.